The van der Waals surface area contributed by atoms with Crippen LogP contribution in [0.3, 0.4) is 0 Å². The highest BCUT2D eigenvalue weighted by molar-refractivity contribution is 7.89. The second-order valence-corrected chi connectivity index (χ2v) is 10.0. The molecular weight excluding hydrogens is 476 g/mol. The minimum atomic E-state index is -4.06. The van der Waals surface area contributed by atoms with E-state index in [9.17, 15) is 22.0 Å². The van der Waals surface area contributed by atoms with Gasteiger partial charge in [-0.15, -0.1) is 0 Å². The highest BCUT2D eigenvalue weighted by Crippen LogP contribution is 2.28. The molecule has 3 aromatic rings. The molecule has 0 aliphatic heterocycles. The number of anilines is 2. The fraction of sp³-hybridized carbons (Fsp3) is 0.240. The average molecular weight is 504 g/mol. The third-order valence-electron chi connectivity index (χ3n) is 5.19. The average Bonchev–Trinajstić information content (AvgIpc) is 2.80. The van der Waals surface area contributed by atoms with E-state index in [-0.39, 0.29) is 30.5 Å². The van der Waals surface area contributed by atoms with E-state index in [1.54, 1.807) is 18.2 Å². The van der Waals surface area contributed by atoms with Crippen molar-refractivity contribution in [1.82, 2.24) is 4.31 Å². The third kappa shape index (κ3) is 6.84. The lowest BCUT2D eigenvalue weighted by molar-refractivity contribution is -0.119. The molecule has 10 heteroatoms. The van der Waals surface area contributed by atoms with Gasteiger partial charge in [0, 0.05) is 45.7 Å². The van der Waals surface area contributed by atoms with Gasteiger partial charge in [0.15, 0.2) is 0 Å². The van der Waals surface area contributed by atoms with Gasteiger partial charge in [-0.05, 0) is 65.7 Å². The number of carbonyl (C=O) groups excluding carboxylic acids is 1. The molecule has 0 atom stereocenters. The van der Waals surface area contributed by atoms with Crippen LogP contribution in [0, 0.1) is 11.6 Å². The molecule has 186 valence electrons. The lowest BCUT2D eigenvalue weighted by Gasteiger charge is -2.26. The standard InChI is InChI=1S/C25H27F2N3O4S/c1-29(2)24-13-10-22(28-25(31)17-34-3)14-19(24)16-30(15-18-4-6-20(26)7-5-18)35(32,33)23-11-8-21(27)9-12-23/h4-14H,15-17H2,1-3H3,(H,28,31). The molecule has 0 saturated heterocycles. The summed E-state index contributed by atoms with van der Waals surface area (Å²) in [6.07, 6.45) is 0. The maximum Gasteiger partial charge on any atom is 0.250 e. The van der Waals surface area contributed by atoms with Crippen molar-refractivity contribution in [2.45, 2.75) is 18.0 Å². The van der Waals surface area contributed by atoms with E-state index < -0.39 is 21.7 Å². The summed E-state index contributed by atoms with van der Waals surface area (Å²) in [6, 6.07) is 15.3. The van der Waals surface area contributed by atoms with Crippen molar-refractivity contribution in [3.8, 4) is 0 Å². The number of ether oxygens (including phenoxy) is 1. The summed E-state index contributed by atoms with van der Waals surface area (Å²) >= 11 is 0. The molecule has 0 spiro atoms. The SMILES string of the molecule is COCC(=O)Nc1ccc(N(C)C)c(CN(Cc2ccc(F)cc2)S(=O)(=O)c2ccc(F)cc2)c1. The summed E-state index contributed by atoms with van der Waals surface area (Å²) in [5.41, 5.74) is 2.42. The van der Waals surface area contributed by atoms with Gasteiger partial charge < -0.3 is 15.0 Å². The molecule has 0 fully saturated rings. The fourth-order valence-corrected chi connectivity index (χ4v) is 4.93. The Morgan fingerprint density at radius 1 is 0.914 bits per heavy atom. The van der Waals surface area contributed by atoms with Gasteiger partial charge in [-0.1, -0.05) is 12.1 Å². The first-order chi connectivity index (χ1) is 16.6. The maximum absolute atomic E-state index is 13.6. The van der Waals surface area contributed by atoms with Crippen molar-refractivity contribution in [3.05, 3.63) is 89.5 Å². The number of sulfonamides is 1. The minimum Gasteiger partial charge on any atom is -0.377 e. The molecule has 3 rings (SSSR count). The molecule has 1 N–H and O–H groups in total. The van der Waals surface area contributed by atoms with Gasteiger partial charge in [0.25, 0.3) is 0 Å². The molecule has 3 aromatic carbocycles. The minimum absolute atomic E-state index is 0.0485. The number of nitrogens with one attached hydrogen (secondary N) is 1. The molecule has 0 aliphatic rings. The molecule has 0 bridgehead atoms. The molecule has 0 aliphatic carbocycles. The van der Waals surface area contributed by atoms with Gasteiger partial charge in [0.2, 0.25) is 15.9 Å². The first-order valence-electron chi connectivity index (χ1n) is 10.7. The zero-order valence-corrected chi connectivity index (χ0v) is 20.5. The molecule has 0 heterocycles. The van der Waals surface area contributed by atoms with Crippen LogP contribution in [0.25, 0.3) is 0 Å². The summed E-state index contributed by atoms with van der Waals surface area (Å²) in [7, 11) is 0.987. The van der Waals surface area contributed by atoms with Gasteiger partial charge in [-0.2, -0.15) is 4.31 Å². The summed E-state index contributed by atoms with van der Waals surface area (Å²) < 4.78 is 60.1. The van der Waals surface area contributed by atoms with E-state index in [0.717, 1.165) is 17.8 Å². The molecule has 0 aromatic heterocycles. The quantitative estimate of drug-likeness (QED) is 0.452. The molecule has 0 radical (unpaired) electrons. The van der Waals surface area contributed by atoms with Crippen molar-refractivity contribution >= 4 is 27.3 Å². The monoisotopic (exact) mass is 503 g/mol. The van der Waals surface area contributed by atoms with Crippen LogP contribution in [0.15, 0.2) is 71.6 Å². The van der Waals surface area contributed by atoms with Crippen LogP contribution in [-0.2, 0) is 32.6 Å². The van der Waals surface area contributed by atoms with E-state index in [1.807, 2.05) is 19.0 Å². The van der Waals surface area contributed by atoms with E-state index in [2.05, 4.69) is 5.32 Å². The Bertz CT molecular complexity index is 1260. The van der Waals surface area contributed by atoms with Gasteiger partial charge in [-0.25, -0.2) is 17.2 Å². The molecule has 0 saturated carbocycles. The summed E-state index contributed by atoms with van der Waals surface area (Å²) in [5.74, 6) is -1.34. The van der Waals surface area contributed by atoms with Gasteiger partial charge in [0.05, 0.1) is 4.90 Å². The Kier molecular flexibility index (Phi) is 8.55. The number of carbonyl (C=O) groups is 1. The predicted octanol–water partition coefficient (Wildman–Crippen LogP) is 4.01. The van der Waals surface area contributed by atoms with Crippen molar-refractivity contribution in [1.29, 1.82) is 0 Å². The first kappa shape index (κ1) is 26.3. The summed E-state index contributed by atoms with van der Waals surface area (Å²) in [4.78, 5) is 13.7. The van der Waals surface area contributed by atoms with Crippen LogP contribution in [0.1, 0.15) is 11.1 Å². The van der Waals surface area contributed by atoms with Crippen molar-refractivity contribution in [3.63, 3.8) is 0 Å². The zero-order valence-electron chi connectivity index (χ0n) is 19.7. The summed E-state index contributed by atoms with van der Waals surface area (Å²) in [6.45, 7) is -0.230. The Morgan fingerprint density at radius 2 is 1.51 bits per heavy atom. The topological polar surface area (TPSA) is 79.0 Å². The van der Waals surface area contributed by atoms with E-state index >= 15 is 0 Å². The normalized spacial score (nSPS) is 11.5. The number of hydrogen-bond donors (Lipinski definition) is 1. The Balaban J connectivity index is 2.03. The molecule has 35 heavy (non-hydrogen) atoms. The third-order valence-corrected chi connectivity index (χ3v) is 7.00. The number of nitrogens with zero attached hydrogens (tertiary/aromatic N) is 2. The number of halogens is 2. The van der Waals surface area contributed by atoms with Gasteiger partial charge >= 0.3 is 0 Å². The number of amides is 1. The number of rotatable bonds is 10. The number of hydrogen-bond acceptors (Lipinski definition) is 5. The predicted molar refractivity (Wildman–Crippen MR) is 131 cm³/mol. The van der Waals surface area contributed by atoms with Crippen LogP contribution >= 0.6 is 0 Å². The lowest BCUT2D eigenvalue weighted by Crippen LogP contribution is -2.31. The van der Waals surface area contributed by atoms with Crippen LogP contribution in [0.2, 0.25) is 0 Å². The van der Waals surface area contributed by atoms with Crippen molar-refractivity contribution < 1.29 is 26.7 Å². The van der Waals surface area contributed by atoms with Crippen LogP contribution in [0.4, 0.5) is 20.2 Å². The molecule has 0 unspecified atom stereocenters. The Hall–Kier alpha value is -3.34. The Labute approximate surface area is 204 Å². The second kappa shape index (κ2) is 11.4. The molecule has 1 amide bonds. The van der Waals surface area contributed by atoms with E-state index in [4.69, 9.17) is 4.74 Å². The van der Waals surface area contributed by atoms with Crippen LogP contribution in [0.5, 0.6) is 0 Å². The van der Waals surface area contributed by atoms with Gasteiger partial charge in [0.1, 0.15) is 18.2 Å². The molecule has 7 nitrogen and oxygen atoms in total. The number of methoxy groups -OCH3 is 1. The second-order valence-electron chi connectivity index (χ2n) is 8.07. The summed E-state index contributed by atoms with van der Waals surface area (Å²) in [5, 5.41) is 2.72. The lowest BCUT2D eigenvalue weighted by atomic mass is 10.1. The highest BCUT2D eigenvalue weighted by Gasteiger charge is 2.26. The zero-order chi connectivity index (χ0) is 25.6. The maximum atomic E-state index is 13.6. The first-order valence-corrected chi connectivity index (χ1v) is 12.1. The van der Waals surface area contributed by atoms with Crippen molar-refractivity contribution in [2.24, 2.45) is 0 Å². The van der Waals surface area contributed by atoms with Crippen LogP contribution < -0.4 is 10.2 Å². The van der Waals surface area contributed by atoms with Crippen LogP contribution in [-0.4, -0.2) is 46.4 Å². The van der Waals surface area contributed by atoms with Crippen molar-refractivity contribution in [2.75, 3.05) is 38.0 Å². The van der Waals surface area contributed by atoms with E-state index in [1.165, 1.54) is 47.8 Å². The van der Waals surface area contributed by atoms with E-state index in [0.29, 0.717) is 16.8 Å². The molecular formula is C25H27F2N3O4S. The fourth-order valence-electron chi connectivity index (χ4n) is 3.52. The van der Waals surface area contributed by atoms with Gasteiger partial charge in [-0.3, -0.25) is 4.79 Å². The Morgan fingerprint density at radius 3 is 2.09 bits per heavy atom. The number of benzene rings is 3. The largest absolute Gasteiger partial charge is 0.377 e. The smallest absolute Gasteiger partial charge is 0.250 e. The highest BCUT2D eigenvalue weighted by atomic mass is 32.2.